The minimum absolute atomic E-state index is 0.0155. The number of imidazole rings is 1. The highest BCUT2D eigenvalue weighted by Crippen LogP contribution is 2.20. The number of fused-ring (bicyclic) bond motifs is 1. The second-order valence-electron chi connectivity index (χ2n) is 8.16. The van der Waals surface area contributed by atoms with E-state index in [0.717, 1.165) is 54.9 Å². The van der Waals surface area contributed by atoms with E-state index >= 15 is 0 Å². The molecule has 1 aliphatic heterocycles. The number of piperidine rings is 1. The maximum atomic E-state index is 12.5. The van der Waals surface area contributed by atoms with Gasteiger partial charge in [-0.3, -0.25) is 9.69 Å². The highest BCUT2D eigenvalue weighted by atomic mass is 32.2. The first-order valence-electron chi connectivity index (χ1n) is 10.3. The molecule has 1 amide bonds. The van der Waals surface area contributed by atoms with E-state index in [-0.39, 0.29) is 16.7 Å². The average Bonchev–Trinajstić information content (AvgIpc) is 3.13. The van der Waals surface area contributed by atoms with Crippen molar-refractivity contribution in [2.45, 2.75) is 37.8 Å². The lowest BCUT2D eigenvalue weighted by atomic mass is 9.96. The number of nitrogens with two attached hydrogens (primary N) is 1. The Bertz CT molecular complexity index is 1180. The summed E-state index contributed by atoms with van der Waals surface area (Å²) in [5.74, 6) is 0.971. The van der Waals surface area contributed by atoms with Gasteiger partial charge in [0.2, 0.25) is 15.9 Å². The Hall–Kier alpha value is -2.75. The van der Waals surface area contributed by atoms with Crippen LogP contribution in [-0.2, 0) is 27.9 Å². The van der Waals surface area contributed by atoms with Crippen molar-refractivity contribution in [3.05, 3.63) is 59.4 Å². The Kier molecular flexibility index (Phi) is 6.08. The third-order valence-electron chi connectivity index (χ3n) is 5.74. The van der Waals surface area contributed by atoms with Gasteiger partial charge in [0.25, 0.3) is 0 Å². The van der Waals surface area contributed by atoms with E-state index in [1.807, 2.05) is 6.07 Å². The van der Waals surface area contributed by atoms with Crippen LogP contribution in [-0.4, -0.2) is 42.3 Å². The van der Waals surface area contributed by atoms with Crippen LogP contribution in [0.3, 0.4) is 0 Å². The number of hydrogen-bond donors (Lipinski definition) is 3. The van der Waals surface area contributed by atoms with Crippen LogP contribution in [0.2, 0.25) is 0 Å². The van der Waals surface area contributed by atoms with E-state index in [1.54, 1.807) is 12.1 Å². The number of H-pyrrole nitrogens is 1. The molecule has 31 heavy (non-hydrogen) atoms. The zero-order valence-electron chi connectivity index (χ0n) is 17.5. The van der Waals surface area contributed by atoms with E-state index < -0.39 is 10.0 Å². The molecule has 4 N–H and O–H groups in total. The second-order valence-corrected chi connectivity index (χ2v) is 9.72. The monoisotopic (exact) mass is 441 g/mol. The predicted molar refractivity (Wildman–Crippen MR) is 118 cm³/mol. The first-order valence-corrected chi connectivity index (χ1v) is 11.9. The number of rotatable bonds is 6. The number of sulfonamides is 1. The maximum absolute atomic E-state index is 12.5. The molecule has 1 aromatic heterocycles. The number of aromatic nitrogens is 2. The molecular weight excluding hydrogens is 414 g/mol. The van der Waals surface area contributed by atoms with Gasteiger partial charge in [0.15, 0.2) is 0 Å². The molecule has 2 heterocycles. The lowest BCUT2D eigenvalue weighted by Crippen LogP contribution is -2.40. The van der Waals surface area contributed by atoms with Gasteiger partial charge in [-0.2, -0.15) is 0 Å². The normalized spacial score (nSPS) is 15.9. The largest absolute Gasteiger partial charge is 0.352 e. The molecular formula is C22H27N5O3S. The van der Waals surface area contributed by atoms with E-state index in [9.17, 15) is 13.2 Å². The molecule has 0 atom stereocenters. The first-order chi connectivity index (χ1) is 14.8. The molecule has 1 aliphatic rings. The number of benzene rings is 2. The van der Waals surface area contributed by atoms with Crippen molar-refractivity contribution in [3.63, 3.8) is 0 Å². The third-order valence-corrected chi connectivity index (χ3v) is 6.67. The number of likely N-dealkylation sites (tertiary alicyclic amines) is 1. The Morgan fingerprint density at radius 2 is 1.90 bits per heavy atom. The molecule has 4 rings (SSSR count). The summed E-state index contributed by atoms with van der Waals surface area (Å²) in [7, 11) is -3.70. The lowest BCUT2D eigenvalue weighted by Gasteiger charge is -2.30. The predicted octanol–water partition coefficient (Wildman–Crippen LogP) is 2.05. The van der Waals surface area contributed by atoms with Gasteiger partial charge in [-0.15, -0.1) is 0 Å². The van der Waals surface area contributed by atoms with Crippen LogP contribution in [0.4, 0.5) is 0 Å². The van der Waals surface area contributed by atoms with Gasteiger partial charge in [0, 0.05) is 12.5 Å². The third kappa shape index (κ3) is 5.30. The van der Waals surface area contributed by atoms with Crippen molar-refractivity contribution in [3.8, 4) is 0 Å². The molecule has 0 unspecified atom stereocenters. The number of nitrogens with one attached hydrogen (secondary N) is 2. The Morgan fingerprint density at radius 1 is 1.19 bits per heavy atom. The van der Waals surface area contributed by atoms with Gasteiger partial charge < -0.3 is 10.3 Å². The van der Waals surface area contributed by atoms with Crippen molar-refractivity contribution >= 4 is 27.0 Å². The van der Waals surface area contributed by atoms with Crippen LogP contribution >= 0.6 is 0 Å². The molecule has 0 saturated carbocycles. The molecule has 0 bridgehead atoms. The second kappa shape index (κ2) is 8.78. The molecule has 0 spiro atoms. The van der Waals surface area contributed by atoms with Crippen LogP contribution in [0.5, 0.6) is 0 Å². The number of carbonyl (C=O) groups excluding carboxylic acids is 1. The van der Waals surface area contributed by atoms with E-state index in [0.29, 0.717) is 6.54 Å². The number of aryl methyl sites for hydroxylation is 1. The minimum atomic E-state index is -3.70. The molecule has 0 radical (unpaired) electrons. The number of aromatic amines is 1. The summed E-state index contributed by atoms with van der Waals surface area (Å²) in [5, 5.41) is 8.06. The van der Waals surface area contributed by atoms with Gasteiger partial charge in [0.05, 0.1) is 22.5 Å². The lowest BCUT2D eigenvalue weighted by molar-refractivity contribution is -0.126. The minimum Gasteiger partial charge on any atom is -0.352 e. The Morgan fingerprint density at radius 3 is 2.58 bits per heavy atom. The van der Waals surface area contributed by atoms with Crippen molar-refractivity contribution in [2.24, 2.45) is 11.1 Å². The summed E-state index contributed by atoms with van der Waals surface area (Å²) in [5.41, 5.74) is 4.07. The fraction of sp³-hybridized carbons (Fsp3) is 0.364. The van der Waals surface area contributed by atoms with E-state index in [4.69, 9.17) is 5.14 Å². The average molecular weight is 442 g/mol. The summed E-state index contributed by atoms with van der Waals surface area (Å²) in [6, 6.07) is 12.4. The van der Waals surface area contributed by atoms with Gasteiger partial charge in [-0.05, 0) is 68.2 Å². The highest BCUT2D eigenvalue weighted by Gasteiger charge is 2.25. The van der Waals surface area contributed by atoms with Crippen LogP contribution in [0.15, 0.2) is 47.4 Å². The zero-order valence-corrected chi connectivity index (χ0v) is 18.3. The summed E-state index contributed by atoms with van der Waals surface area (Å²) < 4.78 is 22.6. The molecule has 9 heteroatoms. The molecule has 164 valence electrons. The van der Waals surface area contributed by atoms with Crippen LogP contribution in [0.1, 0.15) is 29.8 Å². The number of primary sulfonamides is 1. The summed E-state index contributed by atoms with van der Waals surface area (Å²) in [4.78, 5) is 23.0. The van der Waals surface area contributed by atoms with Gasteiger partial charge >= 0.3 is 0 Å². The smallest absolute Gasteiger partial charge is 0.238 e. The molecule has 1 saturated heterocycles. The maximum Gasteiger partial charge on any atom is 0.238 e. The summed E-state index contributed by atoms with van der Waals surface area (Å²) in [6.07, 6.45) is 1.60. The van der Waals surface area contributed by atoms with E-state index in [1.165, 1.54) is 17.7 Å². The molecule has 1 fully saturated rings. The van der Waals surface area contributed by atoms with Crippen molar-refractivity contribution in [2.75, 3.05) is 13.1 Å². The Labute approximate surface area is 181 Å². The number of nitrogens with zero attached hydrogens (tertiary/aromatic N) is 2. The van der Waals surface area contributed by atoms with E-state index in [2.05, 4.69) is 39.2 Å². The quantitative estimate of drug-likeness (QED) is 0.541. The molecule has 0 aliphatic carbocycles. The molecule has 2 aromatic carbocycles. The van der Waals surface area contributed by atoms with Crippen LogP contribution in [0, 0.1) is 12.8 Å². The fourth-order valence-electron chi connectivity index (χ4n) is 3.95. The van der Waals surface area contributed by atoms with Gasteiger partial charge in [-0.25, -0.2) is 18.5 Å². The zero-order chi connectivity index (χ0) is 22.0. The van der Waals surface area contributed by atoms with Gasteiger partial charge in [-0.1, -0.05) is 18.2 Å². The topological polar surface area (TPSA) is 121 Å². The molecule has 3 aromatic rings. The number of amides is 1. The molecule has 8 nitrogen and oxygen atoms in total. The van der Waals surface area contributed by atoms with Crippen molar-refractivity contribution < 1.29 is 13.2 Å². The fourth-order valence-corrected chi connectivity index (χ4v) is 4.46. The van der Waals surface area contributed by atoms with Gasteiger partial charge in [0.1, 0.15) is 5.82 Å². The first kappa shape index (κ1) is 21.5. The number of carbonyl (C=O) groups is 1. The van der Waals surface area contributed by atoms with Crippen molar-refractivity contribution in [1.82, 2.24) is 20.2 Å². The standard InChI is InChI=1S/C22H27N5O3S/c1-15-2-7-19-20(12-15)26-21(25-19)14-27-10-8-17(9-11-27)22(28)24-13-16-3-5-18(6-4-16)31(23,29)30/h2-7,12,17H,8-11,13-14H2,1H3,(H,24,28)(H,25,26)(H2,23,29,30). The highest BCUT2D eigenvalue weighted by molar-refractivity contribution is 7.89. The van der Waals surface area contributed by atoms with Crippen molar-refractivity contribution in [1.29, 1.82) is 0 Å². The van der Waals surface area contributed by atoms with Crippen LogP contribution in [0.25, 0.3) is 11.0 Å². The number of hydrogen-bond acceptors (Lipinski definition) is 5. The Balaban J connectivity index is 1.25. The SMILES string of the molecule is Cc1ccc2nc(CN3CCC(C(=O)NCc4ccc(S(N)(=O)=O)cc4)CC3)[nH]c2c1. The summed E-state index contributed by atoms with van der Waals surface area (Å²) >= 11 is 0. The van der Waals surface area contributed by atoms with Crippen LogP contribution < -0.4 is 10.5 Å². The summed E-state index contributed by atoms with van der Waals surface area (Å²) in [6.45, 7) is 4.87.